The van der Waals surface area contributed by atoms with Crippen LogP contribution in [0.4, 0.5) is 5.69 Å². The first-order chi connectivity index (χ1) is 12.7. The standard InChI is InChI=1S/C18H19Cl2N3O4/c1-10-13(17(20)23(3)22-10)6-8-16(24)27-11(2)18(25)21-14-9-12(19)5-7-15(14)26-4/h5-9,11H,1-4H3,(H,21,25)/b8-6+. The van der Waals surface area contributed by atoms with E-state index in [0.717, 1.165) is 0 Å². The molecule has 144 valence electrons. The molecule has 1 atom stereocenters. The highest BCUT2D eigenvalue weighted by Crippen LogP contribution is 2.27. The van der Waals surface area contributed by atoms with Gasteiger partial charge in [0.2, 0.25) is 0 Å². The summed E-state index contributed by atoms with van der Waals surface area (Å²) in [4.78, 5) is 24.3. The molecule has 1 amide bonds. The number of esters is 1. The summed E-state index contributed by atoms with van der Waals surface area (Å²) in [6.45, 7) is 3.23. The smallest absolute Gasteiger partial charge is 0.331 e. The van der Waals surface area contributed by atoms with Crippen LogP contribution in [0.15, 0.2) is 24.3 Å². The number of ether oxygens (including phenoxy) is 2. The normalized spacial score (nSPS) is 12.1. The number of methoxy groups -OCH3 is 1. The lowest BCUT2D eigenvalue weighted by Crippen LogP contribution is -2.29. The largest absolute Gasteiger partial charge is 0.495 e. The number of nitrogens with one attached hydrogen (secondary N) is 1. The van der Waals surface area contributed by atoms with Crippen molar-refractivity contribution < 1.29 is 19.1 Å². The minimum atomic E-state index is -1.03. The third-order valence-electron chi connectivity index (χ3n) is 3.66. The fourth-order valence-electron chi connectivity index (χ4n) is 2.27. The SMILES string of the molecule is COc1ccc(Cl)cc1NC(=O)C(C)OC(=O)/C=C/c1c(C)nn(C)c1Cl. The molecule has 0 aliphatic rings. The van der Waals surface area contributed by atoms with Crippen LogP contribution < -0.4 is 10.1 Å². The van der Waals surface area contributed by atoms with Gasteiger partial charge in [0.25, 0.3) is 5.91 Å². The lowest BCUT2D eigenvalue weighted by Gasteiger charge is -2.14. The molecule has 0 aliphatic carbocycles. The maximum atomic E-state index is 12.3. The Hall–Kier alpha value is -2.51. The van der Waals surface area contributed by atoms with Gasteiger partial charge in [0, 0.05) is 23.7 Å². The number of amides is 1. The van der Waals surface area contributed by atoms with Gasteiger partial charge >= 0.3 is 5.97 Å². The zero-order valence-electron chi connectivity index (χ0n) is 15.2. The Morgan fingerprint density at radius 3 is 2.63 bits per heavy atom. The van der Waals surface area contributed by atoms with Crippen molar-refractivity contribution in [3.63, 3.8) is 0 Å². The molecule has 0 bridgehead atoms. The van der Waals surface area contributed by atoms with E-state index in [0.29, 0.717) is 32.9 Å². The molecule has 1 N–H and O–H groups in total. The predicted molar refractivity (Wildman–Crippen MR) is 104 cm³/mol. The zero-order valence-corrected chi connectivity index (χ0v) is 16.8. The van der Waals surface area contributed by atoms with Crippen LogP contribution in [0.1, 0.15) is 18.2 Å². The van der Waals surface area contributed by atoms with E-state index in [-0.39, 0.29) is 0 Å². The fraction of sp³-hybridized carbons (Fsp3) is 0.278. The Morgan fingerprint density at radius 1 is 1.33 bits per heavy atom. The molecule has 0 saturated carbocycles. The average Bonchev–Trinajstić information content (AvgIpc) is 2.85. The summed E-state index contributed by atoms with van der Waals surface area (Å²) in [5.41, 5.74) is 1.66. The molecule has 0 saturated heterocycles. The molecule has 7 nitrogen and oxygen atoms in total. The number of benzene rings is 1. The van der Waals surface area contributed by atoms with Crippen LogP contribution in [0, 0.1) is 6.92 Å². The Labute approximate surface area is 166 Å². The summed E-state index contributed by atoms with van der Waals surface area (Å²) in [6.07, 6.45) is 1.66. The molecule has 2 aromatic rings. The average molecular weight is 412 g/mol. The lowest BCUT2D eigenvalue weighted by molar-refractivity contribution is -0.148. The number of hydrogen-bond acceptors (Lipinski definition) is 5. The van der Waals surface area contributed by atoms with Crippen molar-refractivity contribution in [1.29, 1.82) is 0 Å². The van der Waals surface area contributed by atoms with E-state index in [4.69, 9.17) is 32.7 Å². The van der Waals surface area contributed by atoms with Crippen LogP contribution in [0.5, 0.6) is 5.75 Å². The van der Waals surface area contributed by atoms with Crippen molar-refractivity contribution in [2.24, 2.45) is 7.05 Å². The van der Waals surface area contributed by atoms with Crippen molar-refractivity contribution in [1.82, 2.24) is 9.78 Å². The van der Waals surface area contributed by atoms with Gasteiger partial charge in [0.15, 0.2) is 6.10 Å². The van der Waals surface area contributed by atoms with Crippen LogP contribution in [0.3, 0.4) is 0 Å². The summed E-state index contributed by atoms with van der Waals surface area (Å²) in [5, 5.41) is 7.59. The Bertz CT molecular complexity index is 893. The van der Waals surface area contributed by atoms with Crippen LogP contribution in [0.25, 0.3) is 6.08 Å². The summed E-state index contributed by atoms with van der Waals surface area (Å²) < 4.78 is 11.8. The van der Waals surface area contributed by atoms with Gasteiger partial charge in [-0.1, -0.05) is 23.2 Å². The molecule has 27 heavy (non-hydrogen) atoms. The summed E-state index contributed by atoms with van der Waals surface area (Å²) in [6, 6.07) is 4.80. The van der Waals surface area contributed by atoms with Gasteiger partial charge in [0.1, 0.15) is 10.9 Å². The highest BCUT2D eigenvalue weighted by atomic mass is 35.5. The number of aryl methyl sites for hydroxylation is 2. The highest BCUT2D eigenvalue weighted by Gasteiger charge is 2.19. The van der Waals surface area contributed by atoms with E-state index in [1.807, 2.05) is 0 Å². The van der Waals surface area contributed by atoms with E-state index in [1.54, 1.807) is 32.2 Å². The Balaban J connectivity index is 2.00. The van der Waals surface area contributed by atoms with E-state index >= 15 is 0 Å². The number of rotatable bonds is 6. The number of hydrogen-bond donors (Lipinski definition) is 1. The molecule has 1 unspecified atom stereocenters. The summed E-state index contributed by atoms with van der Waals surface area (Å²) in [7, 11) is 3.17. The number of nitrogens with zero attached hydrogens (tertiary/aromatic N) is 2. The van der Waals surface area contributed by atoms with Crippen molar-refractivity contribution in [2.45, 2.75) is 20.0 Å². The number of aromatic nitrogens is 2. The highest BCUT2D eigenvalue weighted by molar-refractivity contribution is 6.31. The van der Waals surface area contributed by atoms with Gasteiger partial charge in [-0.2, -0.15) is 5.10 Å². The molecule has 2 rings (SSSR count). The molecule has 0 radical (unpaired) electrons. The number of carbonyl (C=O) groups is 2. The minimum absolute atomic E-state index is 0.381. The lowest BCUT2D eigenvalue weighted by atomic mass is 10.2. The Kier molecular flexibility index (Phi) is 6.87. The van der Waals surface area contributed by atoms with Crippen molar-refractivity contribution in [3.05, 3.63) is 45.7 Å². The second-order valence-corrected chi connectivity index (χ2v) is 6.45. The van der Waals surface area contributed by atoms with Crippen LogP contribution in [-0.2, 0) is 21.4 Å². The first-order valence-corrected chi connectivity index (χ1v) is 8.70. The predicted octanol–water partition coefficient (Wildman–Crippen LogP) is 3.63. The van der Waals surface area contributed by atoms with Crippen molar-refractivity contribution in [2.75, 3.05) is 12.4 Å². The van der Waals surface area contributed by atoms with E-state index in [1.165, 1.54) is 30.9 Å². The molecule has 1 aromatic heterocycles. The second-order valence-electron chi connectivity index (χ2n) is 5.66. The molecule has 0 spiro atoms. The van der Waals surface area contributed by atoms with Crippen LogP contribution >= 0.6 is 23.2 Å². The van der Waals surface area contributed by atoms with Gasteiger partial charge < -0.3 is 14.8 Å². The summed E-state index contributed by atoms with van der Waals surface area (Å²) in [5.74, 6) is -0.768. The fourth-order valence-corrected chi connectivity index (χ4v) is 2.68. The first-order valence-electron chi connectivity index (χ1n) is 7.95. The van der Waals surface area contributed by atoms with Crippen LogP contribution in [-0.4, -0.2) is 34.9 Å². The quantitative estimate of drug-likeness (QED) is 0.579. The van der Waals surface area contributed by atoms with E-state index < -0.39 is 18.0 Å². The monoisotopic (exact) mass is 411 g/mol. The van der Waals surface area contributed by atoms with Crippen molar-refractivity contribution in [3.8, 4) is 5.75 Å². The van der Waals surface area contributed by atoms with Gasteiger partial charge in [0.05, 0.1) is 18.5 Å². The zero-order chi connectivity index (χ0) is 20.1. The number of halogens is 2. The van der Waals surface area contributed by atoms with Crippen molar-refractivity contribution >= 4 is 46.8 Å². The molecule has 9 heteroatoms. The summed E-state index contributed by atoms with van der Waals surface area (Å²) >= 11 is 12.0. The molecule has 0 aliphatic heterocycles. The number of carbonyl (C=O) groups excluding carboxylic acids is 2. The van der Waals surface area contributed by atoms with Gasteiger partial charge in [-0.15, -0.1) is 0 Å². The third kappa shape index (κ3) is 5.24. The second kappa shape index (κ2) is 8.92. The number of anilines is 1. The maximum absolute atomic E-state index is 12.3. The van der Waals surface area contributed by atoms with Gasteiger partial charge in [-0.25, -0.2) is 4.79 Å². The molecular formula is C18H19Cl2N3O4. The third-order valence-corrected chi connectivity index (χ3v) is 4.35. The Morgan fingerprint density at radius 2 is 2.04 bits per heavy atom. The molecule has 1 aromatic carbocycles. The first kappa shape index (κ1) is 20.8. The van der Waals surface area contributed by atoms with Gasteiger partial charge in [-0.3, -0.25) is 9.48 Å². The van der Waals surface area contributed by atoms with Crippen LogP contribution in [0.2, 0.25) is 10.2 Å². The maximum Gasteiger partial charge on any atom is 0.331 e. The van der Waals surface area contributed by atoms with Gasteiger partial charge in [-0.05, 0) is 38.1 Å². The minimum Gasteiger partial charge on any atom is -0.495 e. The molecule has 1 heterocycles. The topological polar surface area (TPSA) is 82.4 Å². The van der Waals surface area contributed by atoms with E-state index in [2.05, 4.69) is 10.4 Å². The molecule has 0 fully saturated rings. The molecular weight excluding hydrogens is 393 g/mol. The van der Waals surface area contributed by atoms with E-state index in [9.17, 15) is 9.59 Å².